The van der Waals surface area contributed by atoms with E-state index in [1.165, 1.54) is 17.5 Å². The molecule has 0 radical (unpaired) electrons. The fourth-order valence-electron chi connectivity index (χ4n) is 4.54. The van der Waals surface area contributed by atoms with E-state index in [1.807, 2.05) is 25.1 Å². The van der Waals surface area contributed by atoms with Crippen molar-refractivity contribution in [2.75, 3.05) is 30.1 Å². The van der Waals surface area contributed by atoms with Crippen LogP contribution < -0.4 is 4.72 Å². The molecule has 0 amide bonds. The van der Waals surface area contributed by atoms with Crippen LogP contribution in [0.3, 0.4) is 0 Å². The molecule has 3 rings (SSSR count). The van der Waals surface area contributed by atoms with Crippen molar-refractivity contribution < 1.29 is 8.42 Å². The van der Waals surface area contributed by atoms with Crippen LogP contribution in [0.5, 0.6) is 0 Å². The standard InChI is InChI=1S/C25H36N2O2S/c1-4-18-30(28,29)26-24-14-8-13-23(19-24)25(3)15-17-27(20-21(25)2)16-9-12-22-10-6-5-7-11-22/h5-8,10-11,13-14,19,21,26H,4,9,12,15-18,20H2,1-3H3/t21-,25-/m0/s1. The van der Waals surface area contributed by atoms with Crippen molar-refractivity contribution in [1.29, 1.82) is 0 Å². The van der Waals surface area contributed by atoms with Crippen LogP contribution in [0.1, 0.15) is 51.2 Å². The summed E-state index contributed by atoms with van der Waals surface area (Å²) in [4.78, 5) is 2.59. The molecule has 0 bridgehead atoms. The Labute approximate surface area is 182 Å². The molecule has 1 N–H and O–H groups in total. The van der Waals surface area contributed by atoms with Crippen LogP contribution >= 0.6 is 0 Å². The molecule has 4 nitrogen and oxygen atoms in total. The summed E-state index contributed by atoms with van der Waals surface area (Å²) in [6, 6.07) is 18.7. The van der Waals surface area contributed by atoms with Crippen LogP contribution in [0, 0.1) is 5.92 Å². The summed E-state index contributed by atoms with van der Waals surface area (Å²) in [5, 5.41) is 0. The van der Waals surface area contributed by atoms with Gasteiger partial charge in [-0.3, -0.25) is 4.72 Å². The van der Waals surface area contributed by atoms with E-state index in [0.717, 1.165) is 32.5 Å². The van der Waals surface area contributed by atoms with Crippen LogP contribution in [0.4, 0.5) is 5.69 Å². The Morgan fingerprint density at radius 2 is 1.90 bits per heavy atom. The number of nitrogens with zero attached hydrogens (tertiary/aromatic N) is 1. The smallest absolute Gasteiger partial charge is 0.232 e. The molecule has 2 atom stereocenters. The second kappa shape index (κ2) is 9.97. The zero-order chi connectivity index (χ0) is 21.6. The van der Waals surface area contributed by atoms with Gasteiger partial charge < -0.3 is 4.90 Å². The Bertz CT molecular complexity index is 914. The molecule has 5 heteroatoms. The minimum absolute atomic E-state index is 0.0577. The molecular weight excluding hydrogens is 392 g/mol. The predicted molar refractivity (Wildman–Crippen MR) is 126 cm³/mol. The average Bonchev–Trinajstić information content (AvgIpc) is 2.71. The number of sulfonamides is 1. The van der Waals surface area contributed by atoms with Crippen LogP contribution in [-0.4, -0.2) is 38.7 Å². The fourth-order valence-corrected chi connectivity index (χ4v) is 5.66. The monoisotopic (exact) mass is 428 g/mol. The Kier molecular flexibility index (Phi) is 7.59. The number of nitrogens with one attached hydrogen (secondary N) is 1. The molecule has 164 valence electrons. The number of benzene rings is 2. The molecular formula is C25H36N2O2S. The lowest BCUT2D eigenvalue weighted by Gasteiger charge is -2.45. The molecule has 0 aromatic heterocycles. The highest BCUT2D eigenvalue weighted by Gasteiger charge is 2.37. The highest BCUT2D eigenvalue weighted by atomic mass is 32.2. The molecule has 0 unspecified atom stereocenters. The number of hydrogen-bond donors (Lipinski definition) is 1. The third kappa shape index (κ3) is 5.86. The van der Waals surface area contributed by atoms with E-state index in [9.17, 15) is 8.42 Å². The summed E-state index contributed by atoms with van der Waals surface area (Å²) in [5.74, 6) is 0.661. The van der Waals surface area contributed by atoms with E-state index in [2.05, 4.69) is 59.9 Å². The van der Waals surface area contributed by atoms with Crippen molar-refractivity contribution in [3.05, 3.63) is 65.7 Å². The zero-order valence-electron chi connectivity index (χ0n) is 18.6. The molecule has 30 heavy (non-hydrogen) atoms. The van der Waals surface area contributed by atoms with Crippen LogP contribution in [-0.2, 0) is 21.9 Å². The summed E-state index contributed by atoms with van der Waals surface area (Å²) < 4.78 is 27.1. The van der Waals surface area contributed by atoms with Crippen molar-refractivity contribution in [3.8, 4) is 0 Å². The van der Waals surface area contributed by atoms with Gasteiger partial charge in [0, 0.05) is 12.2 Å². The summed E-state index contributed by atoms with van der Waals surface area (Å²) >= 11 is 0. The van der Waals surface area contributed by atoms with E-state index in [4.69, 9.17) is 0 Å². The van der Waals surface area contributed by atoms with Gasteiger partial charge in [0.25, 0.3) is 0 Å². The van der Waals surface area contributed by atoms with Gasteiger partial charge >= 0.3 is 0 Å². The lowest BCUT2D eigenvalue weighted by Crippen LogP contribution is -2.47. The number of likely N-dealkylation sites (tertiary alicyclic amines) is 1. The number of aryl methyl sites for hydroxylation is 1. The Morgan fingerprint density at radius 3 is 2.60 bits per heavy atom. The minimum Gasteiger partial charge on any atom is -0.303 e. The maximum Gasteiger partial charge on any atom is 0.232 e. The molecule has 1 saturated heterocycles. The lowest BCUT2D eigenvalue weighted by molar-refractivity contribution is 0.110. The molecule has 1 aliphatic heterocycles. The van der Waals surface area contributed by atoms with Crippen molar-refractivity contribution in [2.45, 2.75) is 51.9 Å². The molecule has 0 aliphatic carbocycles. The van der Waals surface area contributed by atoms with Crippen LogP contribution in [0.2, 0.25) is 0 Å². The summed E-state index contributed by atoms with van der Waals surface area (Å²) in [5.41, 5.74) is 3.38. The minimum atomic E-state index is -3.27. The average molecular weight is 429 g/mol. The van der Waals surface area contributed by atoms with E-state index in [-0.39, 0.29) is 11.2 Å². The van der Waals surface area contributed by atoms with Crippen molar-refractivity contribution >= 4 is 15.7 Å². The Balaban J connectivity index is 1.60. The third-order valence-electron chi connectivity index (χ3n) is 6.62. The molecule has 0 spiro atoms. The number of piperidine rings is 1. The number of hydrogen-bond acceptors (Lipinski definition) is 3. The summed E-state index contributed by atoms with van der Waals surface area (Å²) in [6.07, 6.45) is 4.01. The van der Waals surface area contributed by atoms with Gasteiger partial charge in [-0.2, -0.15) is 0 Å². The van der Waals surface area contributed by atoms with Gasteiger partial charge in [-0.15, -0.1) is 0 Å². The molecule has 1 heterocycles. The second-order valence-corrected chi connectivity index (χ2v) is 10.8. The normalized spacial score (nSPS) is 22.7. The van der Waals surface area contributed by atoms with Crippen molar-refractivity contribution in [3.63, 3.8) is 0 Å². The molecule has 1 fully saturated rings. The summed E-state index contributed by atoms with van der Waals surface area (Å²) in [6.45, 7) is 9.84. The van der Waals surface area contributed by atoms with E-state index in [1.54, 1.807) is 0 Å². The largest absolute Gasteiger partial charge is 0.303 e. The zero-order valence-corrected chi connectivity index (χ0v) is 19.4. The van der Waals surface area contributed by atoms with Crippen molar-refractivity contribution in [2.24, 2.45) is 5.92 Å². The maximum atomic E-state index is 12.2. The van der Waals surface area contributed by atoms with Crippen LogP contribution in [0.15, 0.2) is 54.6 Å². The molecule has 2 aromatic carbocycles. The topological polar surface area (TPSA) is 49.4 Å². The number of anilines is 1. The van der Waals surface area contributed by atoms with Gasteiger partial charge in [-0.25, -0.2) is 8.42 Å². The number of rotatable bonds is 9. The third-order valence-corrected chi connectivity index (χ3v) is 8.11. The van der Waals surface area contributed by atoms with Crippen molar-refractivity contribution in [1.82, 2.24) is 4.90 Å². The van der Waals surface area contributed by atoms with E-state index in [0.29, 0.717) is 18.0 Å². The van der Waals surface area contributed by atoms with Gasteiger partial charge in [-0.05, 0) is 73.4 Å². The summed E-state index contributed by atoms with van der Waals surface area (Å²) in [7, 11) is -3.27. The first kappa shape index (κ1) is 22.8. The fraction of sp³-hybridized carbons (Fsp3) is 0.520. The first-order valence-corrected chi connectivity index (χ1v) is 12.8. The van der Waals surface area contributed by atoms with Gasteiger partial charge in [0.15, 0.2) is 0 Å². The first-order chi connectivity index (χ1) is 14.3. The Hall–Kier alpha value is -1.85. The van der Waals surface area contributed by atoms with Gasteiger partial charge in [-0.1, -0.05) is 63.2 Å². The molecule has 1 aliphatic rings. The van der Waals surface area contributed by atoms with E-state index >= 15 is 0 Å². The quantitative estimate of drug-likeness (QED) is 0.607. The highest BCUT2D eigenvalue weighted by molar-refractivity contribution is 7.92. The van der Waals surface area contributed by atoms with Gasteiger partial charge in [0.2, 0.25) is 10.0 Å². The Morgan fingerprint density at radius 1 is 1.13 bits per heavy atom. The lowest BCUT2D eigenvalue weighted by atomic mass is 9.68. The van der Waals surface area contributed by atoms with Crippen LogP contribution in [0.25, 0.3) is 0 Å². The highest BCUT2D eigenvalue weighted by Crippen LogP contribution is 2.40. The van der Waals surface area contributed by atoms with Gasteiger partial charge in [0.05, 0.1) is 5.75 Å². The molecule has 0 saturated carbocycles. The second-order valence-electron chi connectivity index (χ2n) is 8.96. The van der Waals surface area contributed by atoms with E-state index < -0.39 is 10.0 Å². The predicted octanol–water partition coefficient (Wildman–Crippen LogP) is 5.07. The SMILES string of the molecule is CCCS(=O)(=O)Nc1cccc([C@@]2(C)CCN(CCCc3ccccc3)C[C@@H]2C)c1. The van der Waals surface area contributed by atoms with Gasteiger partial charge in [0.1, 0.15) is 0 Å². The molecule has 2 aromatic rings. The first-order valence-electron chi connectivity index (χ1n) is 11.2. The maximum absolute atomic E-state index is 12.2.